The Hall–Kier alpha value is -4.27. The minimum Gasteiger partial charge on any atom is -0.486 e. The number of rotatable bonds is 4. The molecule has 2 aromatic carbocycles. The second-order valence-electron chi connectivity index (χ2n) is 7.86. The van der Waals surface area contributed by atoms with Gasteiger partial charge in [0.2, 0.25) is 5.91 Å². The molecule has 0 atom stereocenters. The summed E-state index contributed by atoms with van der Waals surface area (Å²) >= 11 is 0. The number of amides is 1. The van der Waals surface area contributed by atoms with Crippen LogP contribution in [0.5, 0.6) is 11.5 Å². The predicted octanol–water partition coefficient (Wildman–Crippen LogP) is 2.12. The van der Waals surface area contributed by atoms with Gasteiger partial charge in [0, 0.05) is 37.6 Å². The molecule has 1 N–H and O–H groups in total. The van der Waals surface area contributed by atoms with Gasteiger partial charge in [-0.15, -0.1) is 0 Å². The van der Waals surface area contributed by atoms with Crippen LogP contribution in [0.1, 0.15) is 0 Å². The monoisotopic (exact) mass is 446 g/mol. The third kappa shape index (κ3) is 3.57. The van der Waals surface area contributed by atoms with Crippen LogP contribution < -0.4 is 26.0 Å². The number of aromatic nitrogens is 3. The number of fused-ring (bicyclic) bond motifs is 2. The van der Waals surface area contributed by atoms with E-state index >= 15 is 0 Å². The molecule has 0 bridgehead atoms. The Bertz CT molecular complexity index is 1500. The van der Waals surface area contributed by atoms with Crippen molar-refractivity contribution in [3.05, 3.63) is 75.6 Å². The Balaban J connectivity index is 1.57. The summed E-state index contributed by atoms with van der Waals surface area (Å²) in [5, 5.41) is 2.80. The Morgan fingerprint density at radius 3 is 2.45 bits per heavy atom. The van der Waals surface area contributed by atoms with E-state index in [0.717, 1.165) is 10.1 Å². The summed E-state index contributed by atoms with van der Waals surface area (Å²) in [4.78, 5) is 38.9. The van der Waals surface area contributed by atoms with Crippen LogP contribution in [0.3, 0.4) is 0 Å². The van der Waals surface area contributed by atoms with Crippen LogP contribution in [0.25, 0.3) is 22.2 Å². The Morgan fingerprint density at radius 1 is 0.970 bits per heavy atom. The van der Waals surface area contributed by atoms with Gasteiger partial charge in [-0.25, -0.2) is 4.79 Å². The number of nitrogens with zero attached hydrogens (tertiary/aromatic N) is 3. The fourth-order valence-electron chi connectivity index (χ4n) is 4.10. The van der Waals surface area contributed by atoms with E-state index in [2.05, 4.69) is 5.32 Å². The lowest BCUT2D eigenvalue weighted by Crippen LogP contribution is -2.40. The van der Waals surface area contributed by atoms with Gasteiger partial charge in [0.25, 0.3) is 5.56 Å². The maximum atomic E-state index is 13.1. The van der Waals surface area contributed by atoms with E-state index in [1.165, 1.54) is 11.6 Å². The van der Waals surface area contributed by atoms with Gasteiger partial charge in [0.15, 0.2) is 11.5 Å². The molecule has 1 amide bonds. The van der Waals surface area contributed by atoms with Gasteiger partial charge in [-0.05, 0) is 17.7 Å². The number of aryl methyl sites for hydroxylation is 1. The smallest absolute Gasteiger partial charge is 0.331 e. The first-order valence-corrected chi connectivity index (χ1v) is 10.5. The highest BCUT2D eigenvalue weighted by molar-refractivity contribution is 5.96. The molecule has 0 spiro atoms. The maximum absolute atomic E-state index is 13.1. The van der Waals surface area contributed by atoms with E-state index in [4.69, 9.17) is 9.47 Å². The van der Waals surface area contributed by atoms with E-state index < -0.39 is 17.2 Å². The number of carbonyl (C=O) groups is 1. The number of benzene rings is 2. The van der Waals surface area contributed by atoms with Crippen LogP contribution in [0.2, 0.25) is 0 Å². The molecule has 1 aliphatic rings. The molecule has 0 saturated carbocycles. The van der Waals surface area contributed by atoms with Crippen LogP contribution in [-0.4, -0.2) is 32.8 Å². The average Bonchev–Trinajstić information content (AvgIpc) is 3.18. The molecule has 0 aliphatic carbocycles. The van der Waals surface area contributed by atoms with Gasteiger partial charge in [-0.3, -0.25) is 18.7 Å². The van der Waals surface area contributed by atoms with Crippen molar-refractivity contribution >= 4 is 22.6 Å². The highest BCUT2D eigenvalue weighted by Gasteiger charge is 2.21. The first-order valence-electron chi connectivity index (χ1n) is 10.5. The van der Waals surface area contributed by atoms with E-state index in [1.807, 2.05) is 30.3 Å². The molecule has 168 valence electrons. The zero-order valence-corrected chi connectivity index (χ0v) is 18.2. The van der Waals surface area contributed by atoms with Crippen LogP contribution in [0, 0.1) is 0 Å². The molecule has 9 heteroatoms. The molecule has 0 fully saturated rings. The van der Waals surface area contributed by atoms with Gasteiger partial charge < -0.3 is 19.4 Å². The summed E-state index contributed by atoms with van der Waals surface area (Å²) in [6, 6.07) is 14.6. The zero-order valence-electron chi connectivity index (χ0n) is 18.2. The third-order valence-electron chi connectivity index (χ3n) is 5.66. The van der Waals surface area contributed by atoms with Crippen molar-refractivity contribution < 1.29 is 14.3 Å². The lowest BCUT2D eigenvalue weighted by molar-refractivity contribution is -0.116. The van der Waals surface area contributed by atoms with Gasteiger partial charge in [0.1, 0.15) is 25.3 Å². The molecule has 0 unspecified atom stereocenters. The summed E-state index contributed by atoms with van der Waals surface area (Å²) in [6.07, 6.45) is 1.80. The highest BCUT2D eigenvalue weighted by atomic mass is 16.6. The Morgan fingerprint density at radius 2 is 1.70 bits per heavy atom. The second-order valence-corrected chi connectivity index (χ2v) is 7.86. The fraction of sp³-hybridized carbons (Fsp3) is 0.208. The standard InChI is InChI=1S/C24H22N4O5/c1-26-13-17(15-6-4-3-5-7-15)21-22(26)23(30)27(2)24(31)28(21)14-20(29)25-16-8-9-18-19(12-16)33-11-10-32-18/h3-9,12-13H,10-11,14H2,1-2H3,(H,25,29). The molecule has 3 heterocycles. The van der Waals surface area contributed by atoms with Crippen molar-refractivity contribution in [3.63, 3.8) is 0 Å². The molecule has 5 rings (SSSR count). The third-order valence-corrected chi connectivity index (χ3v) is 5.66. The highest BCUT2D eigenvalue weighted by Crippen LogP contribution is 2.32. The number of ether oxygens (including phenoxy) is 2. The van der Waals surface area contributed by atoms with E-state index in [-0.39, 0.29) is 6.54 Å². The number of hydrogen-bond donors (Lipinski definition) is 1. The van der Waals surface area contributed by atoms with Crippen molar-refractivity contribution in [2.75, 3.05) is 18.5 Å². The summed E-state index contributed by atoms with van der Waals surface area (Å²) in [5.41, 5.74) is 1.87. The first kappa shape index (κ1) is 20.6. The van der Waals surface area contributed by atoms with Crippen molar-refractivity contribution in [2.45, 2.75) is 6.54 Å². The molecule has 0 saturated heterocycles. The predicted molar refractivity (Wildman–Crippen MR) is 124 cm³/mol. The van der Waals surface area contributed by atoms with Crippen molar-refractivity contribution in [1.29, 1.82) is 0 Å². The Kier molecular flexibility index (Phi) is 5.01. The lowest BCUT2D eigenvalue weighted by Gasteiger charge is -2.19. The van der Waals surface area contributed by atoms with Gasteiger partial charge in [-0.1, -0.05) is 30.3 Å². The largest absolute Gasteiger partial charge is 0.486 e. The second kappa shape index (κ2) is 8.01. The molecule has 2 aromatic heterocycles. The molecule has 9 nitrogen and oxygen atoms in total. The topological polar surface area (TPSA) is 96.5 Å². The van der Waals surface area contributed by atoms with Gasteiger partial charge in [-0.2, -0.15) is 0 Å². The molecule has 33 heavy (non-hydrogen) atoms. The van der Waals surface area contributed by atoms with Crippen LogP contribution >= 0.6 is 0 Å². The quantitative estimate of drug-likeness (QED) is 0.518. The fourth-order valence-corrected chi connectivity index (χ4v) is 4.10. The summed E-state index contributed by atoms with van der Waals surface area (Å²) in [7, 11) is 3.16. The first-order chi connectivity index (χ1) is 15.9. The van der Waals surface area contributed by atoms with Crippen LogP contribution in [-0.2, 0) is 25.4 Å². The van der Waals surface area contributed by atoms with Crippen molar-refractivity contribution in [1.82, 2.24) is 13.7 Å². The van der Waals surface area contributed by atoms with E-state index in [1.54, 1.807) is 36.0 Å². The van der Waals surface area contributed by atoms with Crippen LogP contribution in [0.4, 0.5) is 5.69 Å². The minimum atomic E-state index is -0.562. The number of hydrogen-bond acceptors (Lipinski definition) is 5. The van der Waals surface area contributed by atoms with Crippen molar-refractivity contribution in [2.24, 2.45) is 14.1 Å². The summed E-state index contributed by atoms with van der Waals surface area (Å²) in [6.45, 7) is 0.652. The van der Waals surface area contributed by atoms with Crippen LogP contribution in [0.15, 0.2) is 64.3 Å². The summed E-state index contributed by atoms with van der Waals surface area (Å²) < 4.78 is 15.1. The minimum absolute atomic E-state index is 0.262. The lowest BCUT2D eigenvalue weighted by atomic mass is 10.1. The summed E-state index contributed by atoms with van der Waals surface area (Å²) in [5.74, 6) is 0.763. The number of carbonyl (C=O) groups excluding carboxylic acids is 1. The number of nitrogens with one attached hydrogen (secondary N) is 1. The number of anilines is 1. The van der Waals surface area contributed by atoms with E-state index in [0.29, 0.717) is 47.0 Å². The molecule has 0 radical (unpaired) electrons. The molecular weight excluding hydrogens is 424 g/mol. The van der Waals surface area contributed by atoms with Gasteiger partial charge in [0.05, 0.1) is 5.52 Å². The SMILES string of the molecule is Cn1c(=O)c2c(c(-c3ccccc3)cn2C)n(CC(=O)Nc2ccc3c(c2)OCCO3)c1=O. The molecule has 4 aromatic rings. The van der Waals surface area contributed by atoms with Gasteiger partial charge >= 0.3 is 5.69 Å². The maximum Gasteiger partial charge on any atom is 0.331 e. The zero-order chi connectivity index (χ0) is 23.1. The van der Waals surface area contributed by atoms with Crippen molar-refractivity contribution in [3.8, 4) is 22.6 Å². The normalized spacial score (nSPS) is 12.7. The Labute approximate surface area is 188 Å². The van der Waals surface area contributed by atoms with E-state index in [9.17, 15) is 14.4 Å². The molecule has 1 aliphatic heterocycles. The average molecular weight is 446 g/mol. The molecular formula is C24H22N4O5.